The van der Waals surface area contributed by atoms with Crippen molar-refractivity contribution in [3.8, 4) is 6.07 Å². The van der Waals surface area contributed by atoms with Gasteiger partial charge >= 0.3 is 0 Å². The van der Waals surface area contributed by atoms with Crippen LogP contribution in [0, 0.1) is 17.2 Å². The number of rotatable bonds is 9. The minimum absolute atomic E-state index is 0.0141. The van der Waals surface area contributed by atoms with E-state index in [2.05, 4.69) is 31.6 Å². The summed E-state index contributed by atoms with van der Waals surface area (Å²) in [5.74, 6) is -3.30. The molecule has 0 unspecified atom stereocenters. The van der Waals surface area contributed by atoms with Gasteiger partial charge in [-0.2, -0.15) is 10.2 Å². The van der Waals surface area contributed by atoms with Crippen LogP contribution in [0.2, 0.25) is 0 Å². The Bertz CT molecular complexity index is 1160. The number of thioether (sulfide) groups is 1. The number of ether oxygens (including phenoxy) is 1. The van der Waals surface area contributed by atoms with Crippen molar-refractivity contribution in [3.05, 3.63) is 35.4 Å². The van der Waals surface area contributed by atoms with Gasteiger partial charge in [0.1, 0.15) is 22.2 Å². The van der Waals surface area contributed by atoms with E-state index in [9.17, 15) is 18.8 Å². The maximum Gasteiger partial charge on any atom is 0.270 e. The van der Waals surface area contributed by atoms with E-state index >= 15 is 0 Å². The van der Waals surface area contributed by atoms with Gasteiger partial charge in [0.05, 0.1) is 13.2 Å². The molecule has 0 radical (unpaired) electrons. The highest BCUT2D eigenvalue weighted by atomic mass is 32.2. The summed E-state index contributed by atoms with van der Waals surface area (Å²) >= 11 is 1.26. The van der Waals surface area contributed by atoms with Gasteiger partial charge in [0.25, 0.3) is 5.92 Å². The van der Waals surface area contributed by atoms with Gasteiger partial charge in [-0.25, -0.2) is 13.8 Å². The van der Waals surface area contributed by atoms with Gasteiger partial charge in [0.15, 0.2) is 5.82 Å². The van der Waals surface area contributed by atoms with Crippen LogP contribution < -0.4 is 16.4 Å². The van der Waals surface area contributed by atoms with E-state index in [0.717, 1.165) is 33.0 Å². The smallest absolute Gasteiger partial charge is 0.270 e. The Hall–Kier alpha value is -3.01. The zero-order valence-electron chi connectivity index (χ0n) is 20.2. The Balaban J connectivity index is 1.59. The van der Waals surface area contributed by atoms with Gasteiger partial charge in [-0.1, -0.05) is 12.1 Å². The second kappa shape index (κ2) is 10.5. The lowest BCUT2D eigenvalue weighted by Crippen LogP contribution is -2.41. The van der Waals surface area contributed by atoms with Crippen LogP contribution in [0.15, 0.2) is 29.3 Å². The molecule has 2 heterocycles. The van der Waals surface area contributed by atoms with E-state index in [1.54, 1.807) is 12.3 Å². The number of halogens is 2. The molecule has 1 aliphatic carbocycles. The highest BCUT2D eigenvalue weighted by molar-refractivity contribution is 7.98. The number of hydrogen-bond acceptors (Lipinski definition) is 9. The van der Waals surface area contributed by atoms with Crippen molar-refractivity contribution in [2.75, 3.05) is 55.5 Å². The molecule has 2 aromatic rings. The lowest BCUT2D eigenvalue weighted by Gasteiger charge is -2.27. The molecule has 1 aromatic heterocycles. The van der Waals surface area contributed by atoms with Crippen molar-refractivity contribution in [2.24, 2.45) is 5.92 Å². The van der Waals surface area contributed by atoms with Crippen LogP contribution >= 0.6 is 11.8 Å². The average Bonchev–Trinajstić information content (AvgIpc) is 3.56. The monoisotopic (exact) mass is 517 g/mol. The lowest BCUT2D eigenvalue weighted by molar-refractivity contribution is -0.118. The quantitative estimate of drug-likeness (QED) is 0.339. The van der Waals surface area contributed by atoms with Crippen molar-refractivity contribution >= 4 is 35.1 Å². The zero-order chi connectivity index (χ0) is 25.9. The van der Waals surface area contributed by atoms with Gasteiger partial charge in [0, 0.05) is 31.3 Å². The Labute approximate surface area is 212 Å². The number of nitriles is 1. The Kier molecular flexibility index (Phi) is 7.63. The van der Waals surface area contributed by atoms with E-state index in [4.69, 9.17) is 10.5 Å². The third-order valence-electron chi connectivity index (χ3n) is 6.57. The van der Waals surface area contributed by atoms with E-state index in [-0.39, 0.29) is 40.4 Å². The fraction of sp³-hybridized carbons (Fsp3) is 0.500. The molecule has 4 N–H and O–H groups in total. The summed E-state index contributed by atoms with van der Waals surface area (Å²) in [5, 5.41) is 16.1. The molecule has 12 heteroatoms. The Morgan fingerprint density at radius 2 is 2.14 bits per heavy atom. The molecule has 1 aromatic carbocycles. The maximum absolute atomic E-state index is 13.8. The number of alkyl halides is 2. The molecule has 0 spiro atoms. The molecule has 2 atom stereocenters. The molecule has 4 rings (SSSR count). The number of nitrogens with two attached hydrogens (primary N) is 1. The first-order chi connectivity index (χ1) is 17.2. The van der Waals surface area contributed by atoms with Crippen molar-refractivity contribution in [1.29, 1.82) is 5.26 Å². The molecule has 192 valence electrons. The zero-order valence-corrected chi connectivity index (χ0v) is 21.0. The summed E-state index contributed by atoms with van der Waals surface area (Å²) in [6.45, 7) is 4.61. The van der Waals surface area contributed by atoms with Crippen LogP contribution in [0.1, 0.15) is 30.9 Å². The number of hydrogen-bond donors (Lipinski definition) is 3. The minimum atomic E-state index is -3.04. The fourth-order valence-electron chi connectivity index (χ4n) is 4.45. The molecule has 1 amide bonds. The van der Waals surface area contributed by atoms with Gasteiger partial charge in [0.2, 0.25) is 11.9 Å². The number of carbonyl (C=O) groups is 1. The first kappa shape index (κ1) is 26.1. The summed E-state index contributed by atoms with van der Waals surface area (Å²) in [6, 6.07) is 7.74. The second-order valence-electron chi connectivity index (χ2n) is 9.09. The van der Waals surface area contributed by atoms with Gasteiger partial charge in [-0.15, -0.1) is 11.8 Å². The first-order valence-corrected chi connectivity index (χ1v) is 12.9. The first-order valence-electron chi connectivity index (χ1n) is 11.7. The standard InChI is InChI=1S/C24H29F2N7O2S/c1-23(25,26)15-4-3-5-17(12-15)29-21(34)24(13-16(24)6-7-33-8-10-35-11-9-33)32-19-18(14-27)20(36-2)31-22(28)30-19/h3-5,12,16H,6-11,13H2,1-2H3,(H,29,34)(H3,28,30,31,32)/t16-,24-/m1/s1. The number of nitrogens with zero attached hydrogens (tertiary/aromatic N) is 4. The number of nitrogen functional groups attached to an aromatic ring is 1. The molecule has 9 nitrogen and oxygen atoms in total. The lowest BCUT2D eigenvalue weighted by atomic mass is 10.1. The topological polar surface area (TPSA) is 129 Å². The maximum atomic E-state index is 13.8. The highest BCUT2D eigenvalue weighted by Crippen LogP contribution is 2.50. The van der Waals surface area contributed by atoms with Crippen molar-refractivity contribution < 1.29 is 18.3 Å². The summed E-state index contributed by atoms with van der Waals surface area (Å²) in [6.07, 6.45) is 3.00. The van der Waals surface area contributed by atoms with Gasteiger partial charge in [-0.05, 0) is 43.7 Å². The Morgan fingerprint density at radius 3 is 2.81 bits per heavy atom. The number of carbonyl (C=O) groups excluding carboxylic acids is 1. The van der Waals surface area contributed by atoms with Crippen LogP contribution in [0.4, 0.5) is 26.2 Å². The van der Waals surface area contributed by atoms with Crippen LogP contribution in [-0.4, -0.2) is 65.4 Å². The molecule has 2 fully saturated rings. The molecular formula is C24H29F2N7O2S. The molecule has 36 heavy (non-hydrogen) atoms. The largest absolute Gasteiger partial charge is 0.379 e. The van der Waals surface area contributed by atoms with E-state index in [1.165, 1.54) is 30.0 Å². The van der Waals surface area contributed by atoms with Gasteiger partial charge < -0.3 is 21.1 Å². The van der Waals surface area contributed by atoms with Crippen LogP contribution in [0.25, 0.3) is 0 Å². The number of morpholine rings is 1. The Morgan fingerprint density at radius 1 is 1.39 bits per heavy atom. The van der Waals surface area contributed by atoms with E-state index in [1.807, 2.05) is 0 Å². The van der Waals surface area contributed by atoms with Gasteiger partial charge in [-0.3, -0.25) is 9.69 Å². The van der Waals surface area contributed by atoms with E-state index in [0.29, 0.717) is 24.7 Å². The normalized spacial score (nSPS) is 22.0. The fourth-order valence-corrected chi connectivity index (χ4v) is 4.98. The van der Waals surface area contributed by atoms with E-state index < -0.39 is 11.5 Å². The molecule has 2 aliphatic rings. The predicted octanol–water partition coefficient (Wildman–Crippen LogP) is 3.30. The van der Waals surface area contributed by atoms with Crippen LogP contribution in [0.5, 0.6) is 0 Å². The number of nitrogens with one attached hydrogen (secondary N) is 2. The minimum Gasteiger partial charge on any atom is -0.379 e. The number of benzene rings is 1. The third-order valence-corrected chi connectivity index (χ3v) is 7.26. The van der Waals surface area contributed by atoms with Crippen molar-refractivity contribution in [1.82, 2.24) is 14.9 Å². The summed E-state index contributed by atoms with van der Waals surface area (Å²) < 4.78 is 33.1. The molecule has 1 aliphatic heterocycles. The SMILES string of the molecule is CSc1nc(N)nc(N[C@]2(C(=O)Nc3cccc(C(C)(F)F)c3)C[C@H]2CCN2CCOCC2)c1C#N. The van der Waals surface area contributed by atoms with Crippen molar-refractivity contribution in [2.45, 2.75) is 36.3 Å². The summed E-state index contributed by atoms with van der Waals surface area (Å²) in [4.78, 5) is 24.2. The van der Waals surface area contributed by atoms with Crippen LogP contribution in [0.3, 0.4) is 0 Å². The third kappa shape index (κ3) is 5.69. The average molecular weight is 518 g/mol. The summed E-state index contributed by atoms with van der Waals surface area (Å²) in [7, 11) is 0. The molecule has 1 saturated carbocycles. The molecule has 0 bridgehead atoms. The number of anilines is 3. The molecule has 1 saturated heterocycles. The predicted molar refractivity (Wildman–Crippen MR) is 134 cm³/mol. The van der Waals surface area contributed by atoms with Crippen LogP contribution in [-0.2, 0) is 15.5 Å². The summed E-state index contributed by atoms with van der Waals surface area (Å²) in [5.41, 5.74) is 5.08. The number of amides is 1. The molecular weight excluding hydrogens is 488 g/mol. The van der Waals surface area contributed by atoms with Crippen molar-refractivity contribution in [3.63, 3.8) is 0 Å². The number of aromatic nitrogens is 2. The second-order valence-corrected chi connectivity index (χ2v) is 9.88. The highest BCUT2D eigenvalue weighted by Gasteiger charge is 2.60.